The average Bonchev–Trinajstić information content (AvgIpc) is 3.08. The van der Waals surface area contributed by atoms with Gasteiger partial charge in [-0.05, 0) is 50.7 Å². The van der Waals surface area contributed by atoms with Gasteiger partial charge in [-0.2, -0.15) is 4.40 Å². The highest BCUT2D eigenvalue weighted by molar-refractivity contribution is 6.07. The number of carboxylic acid groups (broad SMARTS) is 1. The Morgan fingerprint density at radius 2 is 1.96 bits per heavy atom. The van der Waals surface area contributed by atoms with Crippen molar-refractivity contribution in [1.29, 1.82) is 0 Å². The number of carbonyl (C=O) groups is 2. The average molecular weight is 371 g/mol. The molecule has 144 valence electrons. The summed E-state index contributed by atoms with van der Waals surface area (Å²) in [5.74, 6) is 0.432. The fraction of sp³-hybridized carbons (Fsp3) is 0.550. The van der Waals surface area contributed by atoms with Crippen LogP contribution in [0.4, 0.5) is 11.8 Å². The van der Waals surface area contributed by atoms with Gasteiger partial charge < -0.3 is 10.4 Å². The van der Waals surface area contributed by atoms with E-state index in [1.807, 2.05) is 37.4 Å². The molecule has 2 N–H and O–H groups in total. The topological polar surface area (TPSA) is 78.7 Å². The van der Waals surface area contributed by atoms with Crippen LogP contribution < -0.4 is 14.6 Å². The van der Waals surface area contributed by atoms with Crippen molar-refractivity contribution < 1.29 is 19.1 Å². The lowest BCUT2D eigenvalue weighted by molar-refractivity contribution is -0.498. The number of nitrogens with one attached hydrogen (secondary N) is 1. The number of aryl methyl sites for hydroxylation is 1. The summed E-state index contributed by atoms with van der Waals surface area (Å²) in [4.78, 5) is 27.7. The SMILES string of the molecule is Cc1cc[n+]2c(N3CCCCC3)n3c(c2c1C(=O)O)NC(C)(C(C)C)C3=O. The van der Waals surface area contributed by atoms with Crippen molar-refractivity contribution in [1.82, 2.24) is 4.57 Å². The van der Waals surface area contributed by atoms with Crippen LogP contribution in [0.5, 0.6) is 0 Å². The first-order valence-corrected chi connectivity index (χ1v) is 9.68. The van der Waals surface area contributed by atoms with Crippen molar-refractivity contribution in [3.05, 3.63) is 23.4 Å². The molecule has 7 nitrogen and oxygen atoms in total. The van der Waals surface area contributed by atoms with Gasteiger partial charge in [0.15, 0.2) is 5.52 Å². The second-order valence-electron chi connectivity index (χ2n) is 8.22. The van der Waals surface area contributed by atoms with Crippen molar-refractivity contribution >= 4 is 29.2 Å². The van der Waals surface area contributed by atoms with Crippen LogP contribution in [0.25, 0.3) is 5.52 Å². The quantitative estimate of drug-likeness (QED) is 0.811. The van der Waals surface area contributed by atoms with Crippen molar-refractivity contribution in [2.45, 2.75) is 52.5 Å². The van der Waals surface area contributed by atoms with E-state index in [1.54, 1.807) is 11.5 Å². The van der Waals surface area contributed by atoms with Crippen molar-refractivity contribution in [2.24, 2.45) is 5.92 Å². The second kappa shape index (κ2) is 5.97. The van der Waals surface area contributed by atoms with Crippen LogP contribution >= 0.6 is 0 Å². The Morgan fingerprint density at radius 3 is 2.56 bits per heavy atom. The summed E-state index contributed by atoms with van der Waals surface area (Å²) in [5, 5.41) is 13.3. The van der Waals surface area contributed by atoms with Gasteiger partial charge >= 0.3 is 17.8 Å². The molecule has 0 aromatic carbocycles. The number of carbonyl (C=O) groups excluding carboxylic acids is 1. The number of hydrogen-bond acceptors (Lipinski definition) is 4. The normalized spacial score (nSPS) is 22.4. The molecule has 0 aliphatic carbocycles. The molecular weight excluding hydrogens is 344 g/mol. The summed E-state index contributed by atoms with van der Waals surface area (Å²) < 4.78 is 3.59. The van der Waals surface area contributed by atoms with Crippen LogP contribution in [0.2, 0.25) is 0 Å². The minimum absolute atomic E-state index is 0.0224. The summed E-state index contributed by atoms with van der Waals surface area (Å²) in [7, 11) is 0. The monoisotopic (exact) mass is 371 g/mol. The van der Waals surface area contributed by atoms with Crippen LogP contribution in [0.1, 0.15) is 60.7 Å². The Balaban J connectivity index is 2.06. The van der Waals surface area contributed by atoms with Crippen molar-refractivity contribution in [2.75, 3.05) is 23.3 Å². The highest BCUT2D eigenvalue weighted by atomic mass is 16.4. The standard InChI is InChI=1S/C20H26N4O3/c1-12(2)20(4)18(27)24-16(21-20)15-14(17(25)26)13(3)8-11-23(15)19(24)22-9-6-5-7-10-22/h8,11-12,21H,5-7,9-10H2,1-4H3/p+1. The molecule has 1 saturated heterocycles. The summed E-state index contributed by atoms with van der Waals surface area (Å²) in [6.07, 6.45) is 5.21. The Labute approximate surface area is 158 Å². The van der Waals surface area contributed by atoms with E-state index >= 15 is 0 Å². The second-order valence-corrected chi connectivity index (χ2v) is 8.22. The third-order valence-corrected chi connectivity index (χ3v) is 6.24. The number of aromatic nitrogens is 2. The molecule has 27 heavy (non-hydrogen) atoms. The maximum Gasteiger partial charge on any atom is 0.374 e. The summed E-state index contributed by atoms with van der Waals surface area (Å²) in [6.45, 7) is 9.46. The number of imidazole rings is 1. The summed E-state index contributed by atoms with van der Waals surface area (Å²) >= 11 is 0. The summed E-state index contributed by atoms with van der Waals surface area (Å²) in [6, 6.07) is 1.81. The van der Waals surface area contributed by atoms with Crippen molar-refractivity contribution in [3.8, 4) is 0 Å². The Morgan fingerprint density at radius 1 is 1.30 bits per heavy atom. The first kappa shape index (κ1) is 17.8. The first-order chi connectivity index (χ1) is 12.8. The predicted molar refractivity (Wildman–Crippen MR) is 103 cm³/mol. The molecule has 2 aromatic heterocycles. The number of carboxylic acids is 1. The molecule has 2 aliphatic heterocycles. The molecule has 4 rings (SSSR count). The molecule has 1 fully saturated rings. The van der Waals surface area contributed by atoms with E-state index in [0.29, 0.717) is 16.9 Å². The van der Waals surface area contributed by atoms with Gasteiger partial charge in [0.1, 0.15) is 11.1 Å². The van der Waals surface area contributed by atoms with Crippen LogP contribution in [-0.2, 0) is 0 Å². The van der Waals surface area contributed by atoms with E-state index in [4.69, 9.17) is 0 Å². The molecule has 0 amide bonds. The van der Waals surface area contributed by atoms with Gasteiger partial charge in [0.05, 0.1) is 19.3 Å². The minimum atomic E-state index is -0.975. The lowest BCUT2D eigenvalue weighted by Crippen LogP contribution is -2.47. The molecular formula is C20H27N4O3+. The zero-order valence-corrected chi connectivity index (χ0v) is 16.4. The van der Waals surface area contributed by atoms with E-state index in [1.165, 1.54) is 6.42 Å². The largest absolute Gasteiger partial charge is 0.478 e. The Bertz CT molecular complexity index is 956. The predicted octanol–water partition coefficient (Wildman–Crippen LogP) is 2.70. The van der Waals surface area contributed by atoms with E-state index in [9.17, 15) is 14.7 Å². The molecule has 0 saturated carbocycles. The molecule has 0 radical (unpaired) electrons. The number of nitrogens with zero attached hydrogens (tertiary/aromatic N) is 3. The van der Waals surface area contributed by atoms with Gasteiger partial charge in [-0.15, -0.1) is 4.57 Å². The number of anilines is 2. The van der Waals surface area contributed by atoms with E-state index < -0.39 is 11.5 Å². The molecule has 4 heterocycles. The molecule has 7 heteroatoms. The smallest absolute Gasteiger partial charge is 0.374 e. The molecule has 2 aliphatic rings. The number of fused-ring (bicyclic) bond motifs is 3. The number of rotatable bonds is 3. The van der Waals surface area contributed by atoms with Gasteiger partial charge in [-0.1, -0.05) is 13.8 Å². The van der Waals surface area contributed by atoms with Gasteiger partial charge in [-0.25, -0.2) is 4.79 Å². The van der Waals surface area contributed by atoms with Crippen molar-refractivity contribution in [3.63, 3.8) is 0 Å². The first-order valence-electron chi connectivity index (χ1n) is 9.68. The number of piperidine rings is 1. The van der Waals surface area contributed by atoms with Gasteiger partial charge in [0, 0.05) is 0 Å². The number of hydrogen-bond donors (Lipinski definition) is 2. The Hall–Kier alpha value is -2.57. The van der Waals surface area contributed by atoms with Crippen LogP contribution in [0.3, 0.4) is 0 Å². The lowest BCUT2D eigenvalue weighted by Gasteiger charge is -2.26. The van der Waals surface area contributed by atoms with Gasteiger partial charge in [0.2, 0.25) is 5.82 Å². The zero-order valence-electron chi connectivity index (χ0n) is 16.4. The van der Waals surface area contributed by atoms with E-state index in [2.05, 4.69) is 10.2 Å². The molecule has 1 atom stereocenters. The fourth-order valence-corrected chi connectivity index (χ4v) is 4.25. The van der Waals surface area contributed by atoms with E-state index in [-0.39, 0.29) is 17.4 Å². The van der Waals surface area contributed by atoms with Gasteiger partial charge in [-0.3, -0.25) is 9.69 Å². The van der Waals surface area contributed by atoms with Crippen LogP contribution in [0.15, 0.2) is 12.3 Å². The van der Waals surface area contributed by atoms with Crippen LogP contribution in [-0.4, -0.2) is 40.2 Å². The highest BCUT2D eigenvalue weighted by Gasteiger charge is 2.52. The summed E-state index contributed by atoms with van der Waals surface area (Å²) in [5.41, 5.74) is 0.751. The maximum absolute atomic E-state index is 13.5. The van der Waals surface area contributed by atoms with Crippen LogP contribution in [0, 0.1) is 12.8 Å². The molecule has 0 spiro atoms. The molecule has 0 bridgehead atoms. The molecule has 2 aromatic rings. The number of pyridine rings is 1. The fourth-order valence-electron chi connectivity index (χ4n) is 4.25. The van der Waals surface area contributed by atoms with E-state index in [0.717, 1.165) is 31.9 Å². The Kier molecular flexibility index (Phi) is 3.94. The zero-order chi connectivity index (χ0) is 19.5. The van der Waals surface area contributed by atoms with Gasteiger partial charge in [0.25, 0.3) is 0 Å². The third kappa shape index (κ3) is 2.37. The third-order valence-electron chi connectivity index (χ3n) is 6.24. The molecule has 1 unspecified atom stereocenters. The minimum Gasteiger partial charge on any atom is -0.478 e. The highest BCUT2D eigenvalue weighted by Crippen LogP contribution is 2.39. The lowest BCUT2D eigenvalue weighted by atomic mass is 9.88. The maximum atomic E-state index is 13.5. The number of aromatic carboxylic acids is 1.